The predicted molar refractivity (Wildman–Crippen MR) is 69.5 cm³/mol. The van der Waals surface area contributed by atoms with E-state index >= 15 is 0 Å². The Morgan fingerprint density at radius 2 is 1.88 bits per heavy atom. The van der Waals surface area contributed by atoms with Gasteiger partial charge in [-0.15, -0.1) is 0 Å². The summed E-state index contributed by atoms with van der Waals surface area (Å²) >= 11 is 15.1. The lowest BCUT2D eigenvalue weighted by Gasteiger charge is -2.07. The van der Waals surface area contributed by atoms with Gasteiger partial charge >= 0.3 is 0 Å². The van der Waals surface area contributed by atoms with Crippen LogP contribution in [0, 0.1) is 0 Å². The molecule has 0 saturated heterocycles. The molecule has 1 aromatic carbocycles. The van der Waals surface area contributed by atoms with Crippen LogP contribution in [0.4, 0.5) is 11.5 Å². The van der Waals surface area contributed by atoms with Gasteiger partial charge < -0.3 is 5.32 Å². The van der Waals surface area contributed by atoms with Crippen LogP contribution >= 0.6 is 39.1 Å². The van der Waals surface area contributed by atoms with Crippen molar-refractivity contribution < 1.29 is 0 Å². The number of anilines is 2. The van der Waals surface area contributed by atoms with Crippen molar-refractivity contribution in [3.63, 3.8) is 0 Å². The van der Waals surface area contributed by atoms with Gasteiger partial charge in [-0.3, -0.25) is 0 Å². The molecule has 0 atom stereocenters. The van der Waals surface area contributed by atoms with Gasteiger partial charge in [0.05, 0.1) is 5.02 Å². The average Bonchev–Trinajstić information content (AvgIpc) is 2.27. The zero-order valence-corrected chi connectivity index (χ0v) is 11.0. The molecule has 0 aliphatic heterocycles. The van der Waals surface area contributed by atoms with Crippen LogP contribution in [-0.4, -0.2) is 9.97 Å². The maximum Gasteiger partial charge on any atom is 0.171 e. The number of nitrogens with one attached hydrogen (secondary N) is 1. The van der Waals surface area contributed by atoms with Crippen LogP contribution in [0.5, 0.6) is 0 Å². The lowest BCUT2D eigenvalue weighted by Crippen LogP contribution is -1.95. The standard InChI is InChI=1S/C10H6BrCl2N3/c11-7-2-1-6(5-8(7)12)16-10-9(13)14-3-4-15-10/h1-5H,(H,15,16). The highest BCUT2D eigenvalue weighted by Crippen LogP contribution is 2.28. The molecule has 1 heterocycles. The molecule has 2 aromatic rings. The van der Waals surface area contributed by atoms with Gasteiger partial charge in [-0.25, -0.2) is 9.97 Å². The van der Waals surface area contributed by atoms with Crippen molar-refractivity contribution in [1.82, 2.24) is 9.97 Å². The molecule has 0 aliphatic rings. The Morgan fingerprint density at radius 1 is 1.12 bits per heavy atom. The topological polar surface area (TPSA) is 37.8 Å². The monoisotopic (exact) mass is 317 g/mol. The summed E-state index contributed by atoms with van der Waals surface area (Å²) in [7, 11) is 0. The number of benzene rings is 1. The molecule has 0 amide bonds. The summed E-state index contributed by atoms with van der Waals surface area (Å²) in [6, 6.07) is 5.48. The maximum atomic E-state index is 5.96. The van der Waals surface area contributed by atoms with Crippen LogP contribution in [-0.2, 0) is 0 Å². The Morgan fingerprint density at radius 3 is 2.56 bits per heavy atom. The third-order valence-corrected chi connectivity index (χ3v) is 3.35. The zero-order chi connectivity index (χ0) is 11.5. The highest BCUT2D eigenvalue weighted by Gasteiger charge is 2.04. The fourth-order valence-electron chi connectivity index (χ4n) is 1.12. The third-order valence-electron chi connectivity index (χ3n) is 1.84. The first-order chi connectivity index (χ1) is 7.66. The molecule has 6 heteroatoms. The number of hydrogen-bond donors (Lipinski definition) is 1. The van der Waals surface area contributed by atoms with E-state index in [0.717, 1.165) is 10.2 Å². The number of aromatic nitrogens is 2. The summed E-state index contributed by atoms with van der Waals surface area (Å²) < 4.78 is 0.838. The van der Waals surface area contributed by atoms with Crippen molar-refractivity contribution in [3.8, 4) is 0 Å². The van der Waals surface area contributed by atoms with Crippen LogP contribution in [0.1, 0.15) is 0 Å². The molecular formula is C10H6BrCl2N3. The first-order valence-electron chi connectivity index (χ1n) is 4.35. The fourth-order valence-corrected chi connectivity index (χ4v) is 1.70. The van der Waals surface area contributed by atoms with Gasteiger partial charge in [0.25, 0.3) is 0 Å². The lowest BCUT2D eigenvalue weighted by molar-refractivity contribution is 1.20. The Bertz CT molecular complexity index is 519. The largest absolute Gasteiger partial charge is 0.338 e. The number of nitrogens with zero attached hydrogens (tertiary/aromatic N) is 2. The minimum Gasteiger partial charge on any atom is -0.338 e. The van der Waals surface area contributed by atoms with Crippen LogP contribution in [0.3, 0.4) is 0 Å². The highest BCUT2D eigenvalue weighted by molar-refractivity contribution is 9.10. The van der Waals surface area contributed by atoms with Crippen molar-refractivity contribution in [2.45, 2.75) is 0 Å². The number of hydrogen-bond acceptors (Lipinski definition) is 3. The van der Waals surface area contributed by atoms with E-state index in [1.54, 1.807) is 12.3 Å². The van der Waals surface area contributed by atoms with Gasteiger partial charge in [0, 0.05) is 22.6 Å². The molecule has 0 fully saturated rings. The highest BCUT2D eigenvalue weighted by atomic mass is 79.9. The summed E-state index contributed by atoms with van der Waals surface area (Å²) in [5.41, 5.74) is 0.801. The molecular weight excluding hydrogens is 313 g/mol. The average molecular weight is 319 g/mol. The van der Waals surface area contributed by atoms with Gasteiger partial charge in [0.1, 0.15) is 0 Å². The molecule has 16 heavy (non-hydrogen) atoms. The van der Waals surface area contributed by atoms with Gasteiger partial charge in [0.2, 0.25) is 0 Å². The molecule has 1 aromatic heterocycles. The Kier molecular flexibility index (Phi) is 3.63. The van der Waals surface area contributed by atoms with Crippen LogP contribution in [0.2, 0.25) is 10.2 Å². The third kappa shape index (κ3) is 2.64. The van der Waals surface area contributed by atoms with Crippen molar-refractivity contribution in [2.24, 2.45) is 0 Å². The first-order valence-corrected chi connectivity index (χ1v) is 5.90. The zero-order valence-electron chi connectivity index (χ0n) is 7.92. The number of halogens is 3. The van der Waals surface area contributed by atoms with Gasteiger partial charge in [-0.2, -0.15) is 0 Å². The second-order valence-corrected chi connectivity index (χ2v) is 4.57. The molecule has 0 aliphatic carbocycles. The minimum atomic E-state index is 0.321. The van der Waals surface area contributed by atoms with E-state index in [2.05, 4.69) is 31.2 Å². The molecule has 0 saturated carbocycles. The Labute approximate surface area is 111 Å². The summed E-state index contributed by atoms with van der Waals surface area (Å²) in [5.74, 6) is 0.502. The van der Waals surface area contributed by atoms with E-state index in [1.165, 1.54) is 6.20 Å². The molecule has 2 rings (SSSR count). The second kappa shape index (κ2) is 4.99. The molecule has 0 bridgehead atoms. The van der Waals surface area contributed by atoms with Gasteiger partial charge in [-0.05, 0) is 34.1 Å². The van der Waals surface area contributed by atoms with E-state index in [-0.39, 0.29) is 0 Å². The SMILES string of the molecule is Clc1cc(Nc2nccnc2Cl)ccc1Br. The Hall–Kier alpha value is -0.840. The fraction of sp³-hybridized carbons (Fsp3) is 0. The van der Waals surface area contributed by atoms with Crippen molar-refractivity contribution in [3.05, 3.63) is 45.2 Å². The number of rotatable bonds is 2. The quantitative estimate of drug-likeness (QED) is 0.897. The smallest absolute Gasteiger partial charge is 0.171 e. The summed E-state index contributed by atoms with van der Waals surface area (Å²) in [6.45, 7) is 0. The molecule has 82 valence electrons. The maximum absolute atomic E-state index is 5.96. The summed E-state index contributed by atoms with van der Waals surface area (Å²) in [5, 5.41) is 3.97. The van der Waals surface area contributed by atoms with Gasteiger partial charge in [0.15, 0.2) is 11.0 Å². The van der Waals surface area contributed by atoms with E-state index in [1.807, 2.05) is 12.1 Å². The molecule has 3 nitrogen and oxygen atoms in total. The molecule has 0 unspecified atom stereocenters. The normalized spacial score (nSPS) is 10.2. The minimum absolute atomic E-state index is 0.321. The van der Waals surface area contributed by atoms with Crippen molar-refractivity contribution >= 4 is 50.6 Å². The first kappa shape index (κ1) is 11.6. The van der Waals surface area contributed by atoms with Gasteiger partial charge in [-0.1, -0.05) is 23.2 Å². The van der Waals surface area contributed by atoms with Crippen LogP contribution in [0.15, 0.2) is 35.1 Å². The van der Waals surface area contributed by atoms with Crippen molar-refractivity contribution in [2.75, 3.05) is 5.32 Å². The van der Waals surface area contributed by atoms with E-state index < -0.39 is 0 Å². The predicted octanol–water partition coefficient (Wildman–Crippen LogP) is 4.29. The molecule has 0 spiro atoms. The molecule has 0 radical (unpaired) electrons. The van der Waals surface area contributed by atoms with Crippen LogP contribution < -0.4 is 5.32 Å². The lowest BCUT2D eigenvalue weighted by atomic mass is 10.3. The van der Waals surface area contributed by atoms with Crippen molar-refractivity contribution in [1.29, 1.82) is 0 Å². The van der Waals surface area contributed by atoms with E-state index in [4.69, 9.17) is 23.2 Å². The molecule has 1 N–H and O–H groups in total. The van der Waals surface area contributed by atoms with E-state index in [0.29, 0.717) is 16.0 Å². The van der Waals surface area contributed by atoms with Crippen LogP contribution in [0.25, 0.3) is 0 Å². The Balaban J connectivity index is 2.28. The second-order valence-electron chi connectivity index (χ2n) is 2.95. The summed E-state index contributed by atoms with van der Waals surface area (Å²) in [6.07, 6.45) is 3.09. The van der Waals surface area contributed by atoms with E-state index in [9.17, 15) is 0 Å². The summed E-state index contributed by atoms with van der Waals surface area (Å²) in [4.78, 5) is 7.98.